The van der Waals surface area contributed by atoms with Gasteiger partial charge in [-0.05, 0) is 30.3 Å². The molecule has 0 unspecified atom stereocenters. The Labute approximate surface area is 126 Å². The first-order valence-electron chi connectivity index (χ1n) is 6.92. The summed E-state index contributed by atoms with van der Waals surface area (Å²) in [4.78, 5) is 13.1. The first-order chi connectivity index (χ1) is 10.9. The second kappa shape index (κ2) is 5.33. The monoisotopic (exact) mass is 291 g/mol. The van der Waals surface area contributed by atoms with Gasteiger partial charge in [-0.15, -0.1) is 0 Å². The molecule has 4 aromatic rings. The van der Waals surface area contributed by atoms with Crippen LogP contribution in [0.25, 0.3) is 16.9 Å². The standard InChI is InChI=1S/C16H13N5O/c1-2-6-14-13(5-1)19-11-21(14)15-7-8-17-16(20-15)18-10-12-4-3-9-22-12/h1-9,11H,10H2,(H,17,18,20). The third kappa shape index (κ3) is 2.31. The lowest BCUT2D eigenvalue weighted by Crippen LogP contribution is -2.05. The number of aromatic nitrogens is 4. The molecule has 1 N–H and O–H groups in total. The van der Waals surface area contributed by atoms with Gasteiger partial charge >= 0.3 is 0 Å². The minimum absolute atomic E-state index is 0.543. The van der Waals surface area contributed by atoms with E-state index in [1.165, 1.54) is 0 Å². The number of imidazole rings is 1. The molecule has 0 amide bonds. The Hall–Kier alpha value is -3.15. The van der Waals surface area contributed by atoms with Crippen LogP contribution in [0.1, 0.15) is 5.76 Å². The molecule has 4 rings (SSSR count). The molecule has 0 aliphatic heterocycles. The van der Waals surface area contributed by atoms with E-state index < -0.39 is 0 Å². The van der Waals surface area contributed by atoms with Crippen LogP contribution in [0.4, 0.5) is 5.95 Å². The predicted molar refractivity (Wildman–Crippen MR) is 82.7 cm³/mol. The van der Waals surface area contributed by atoms with E-state index in [9.17, 15) is 0 Å². The van der Waals surface area contributed by atoms with Crippen molar-refractivity contribution in [3.8, 4) is 5.82 Å². The molecular formula is C16H13N5O. The molecule has 6 nitrogen and oxygen atoms in total. The zero-order valence-corrected chi connectivity index (χ0v) is 11.7. The molecule has 0 atom stereocenters. The van der Waals surface area contributed by atoms with Crippen LogP contribution in [0, 0.1) is 0 Å². The van der Waals surface area contributed by atoms with Crippen molar-refractivity contribution >= 4 is 17.0 Å². The van der Waals surface area contributed by atoms with Crippen molar-refractivity contribution in [3.63, 3.8) is 0 Å². The summed E-state index contributed by atoms with van der Waals surface area (Å²) in [5.74, 6) is 2.15. The molecule has 0 spiro atoms. The van der Waals surface area contributed by atoms with Gasteiger partial charge in [0, 0.05) is 6.20 Å². The van der Waals surface area contributed by atoms with Crippen LogP contribution in [-0.2, 0) is 6.54 Å². The average molecular weight is 291 g/mol. The normalized spacial score (nSPS) is 10.9. The topological polar surface area (TPSA) is 68.8 Å². The first-order valence-corrected chi connectivity index (χ1v) is 6.92. The summed E-state index contributed by atoms with van der Waals surface area (Å²) in [7, 11) is 0. The Kier molecular flexibility index (Phi) is 3.05. The van der Waals surface area contributed by atoms with E-state index in [1.54, 1.807) is 18.8 Å². The van der Waals surface area contributed by atoms with E-state index in [2.05, 4.69) is 20.3 Å². The van der Waals surface area contributed by atoms with Gasteiger partial charge in [0.2, 0.25) is 5.95 Å². The van der Waals surface area contributed by atoms with Crippen LogP contribution in [0.5, 0.6) is 0 Å². The SMILES string of the molecule is c1coc(CNc2nccc(-n3cnc4ccccc43)n2)c1. The fourth-order valence-corrected chi connectivity index (χ4v) is 2.29. The fourth-order valence-electron chi connectivity index (χ4n) is 2.29. The molecule has 0 radical (unpaired) electrons. The maximum absolute atomic E-state index is 5.28. The van der Waals surface area contributed by atoms with Crippen molar-refractivity contribution in [1.82, 2.24) is 19.5 Å². The Bertz CT molecular complexity index is 898. The number of rotatable bonds is 4. The van der Waals surface area contributed by atoms with Crippen molar-refractivity contribution in [2.75, 3.05) is 5.32 Å². The molecule has 22 heavy (non-hydrogen) atoms. The van der Waals surface area contributed by atoms with E-state index >= 15 is 0 Å². The molecular weight excluding hydrogens is 278 g/mol. The smallest absolute Gasteiger partial charge is 0.225 e. The highest BCUT2D eigenvalue weighted by molar-refractivity contribution is 5.76. The molecule has 3 heterocycles. The van der Waals surface area contributed by atoms with E-state index in [0.717, 1.165) is 22.6 Å². The minimum atomic E-state index is 0.543. The van der Waals surface area contributed by atoms with Gasteiger partial charge in [-0.3, -0.25) is 4.57 Å². The molecule has 1 aromatic carbocycles. The Morgan fingerprint density at radius 2 is 2.00 bits per heavy atom. The number of anilines is 1. The highest BCUT2D eigenvalue weighted by atomic mass is 16.3. The van der Waals surface area contributed by atoms with Crippen LogP contribution in [0.2, 0.25) is 0 Å². The Morgan fingerprint density at radius 1 is 1.05 bits per heavy atom. The molecule has 0 aliphatic rings. The van der Waals surface area contributed by atoms with Gasteiger partial charge in [-0.2, -0.15) is 4.98 Å². The average Bonchev–Trinajstić information content (AvgIpc) is 3.23. The third-order valence-corrected chi connectivity index (χ3v) is 3.34. The number of benzene rings is 1. The summed E-state index contributed by atoms with van der Waals surface area (Å²) in [6.07, 6.45) is 5.14. The van der Waals surface area contributed by atoms with E-state index in [0.29, 0.717) is 12.5 Å². The van der Waals surface area contributed by atoms with E-state index in [-0.39, 0.29) is 0 Å². The van der Waals surface area contributed by atoms with E-state index in [4.69, 9.17) is 4.42 Å². The number of para-hydroxylation sites is 2. The van der Waals surface area contributed by atoms with Gasteiger partial charge in [-0.1, -0.05) is 12.1 Å². The molecule has 0 fully saturated rings. The number of fused-ring (bicyclic) bond motifs is 1. The number of nitrogens with zero attached hydrogens (tertiary/aromatic N) is 4. The summed E-state index contributed by atoms with van der Waals surface area (Å²) < 4.78 is 7.22. The summed E-state index contributed by atoms with van der Waals surface area (Å²) in [6, 6.07) is 13.6. The maximum Gasteiger partial charge on any atom is 0.225 e. The Balaban J connectivity index is 1.64. The van der Waals surface area contributed by atoms with Gasteiger partial charge in [0.1, 0.15) is 17.9 Å². The number of hydrogen-bond donors (Lipinski definition) is 1. The second-order valence-electron chi connectivity index (χ2n) is 4.77. The van der Waals surface area contributed by atoms with Crippen LogP contribution < -0.4 is 5.32 Å². The van der Waals surface area contributed by atoms with Gasteiger partial charge in [-0.25, -0.2) is 9.97 Å². The van der Waals surface area contributed by atoms with Gasteiger partial charge < -0.3 is 9.73 Å². The molecule has 3 aromatic heterocycles. The molecule has 0 saturated heterocycles. The molecule has 0 aliphatic carbocycles. The summed E-state index contributed by atoms with van der Waals surface area (Å²) in [6.45, 7) is 0.543. The van der Waals surface area contributed by atoms with Crippen molar-refractivity contribution < 1.29 is 4.42 Å². The van der Waals surface area contributed by atoms with Crippen molar-refractivity contribution in [1.29, 1.82) is 0 Å². The van der Waals surface area contributed by atoms with E-state index in [1.807, 2.05) is 47.0 Å². The van der Waals surface area contributed by atoms with Crippen molar-refractivity contribution in [2.45, 2.75) is 6.54 Å². The molecule has 0 saturated carbocycles. The van der Waals surface area contributed by atoms with Gasteiger partial charge in [0.15, 0.2) is 0 Å². The summed E-state index contributed by atoms with van der Waals surface area (Å²) in [5, 5.41) is 3.15. The van der Waals surface area contributed by atoms with Crippen LogP contribution in [0.15, 0.2) is 65.7 Å². The fraction of sp³-hybridized carbons (Fsp3) is 0.0625. The highest BCUT2D eigenvalue weighted by Crippen LogP contribution is 2.17. The lowest BCUT2D eigenvalue weighted by molar-refractivity contribution is 0.517. The zero-order valence-electron chi connectivity index (χ0n) is 11.7. The largest absolute Gasteiger partial charge is 0.467 e. The Morgan fingerprint density at radius 3 is 2.91 bits per heavy atom. The summed E-state index contributed by atoms with van der Waals surface area (Å²) in [5.41, 5.74) is 1.95. The first kappa shape index (κ1) is 12.6. The van der Waals surface area contributed by atoms with Crippen LogP contribution in [0.3, 0.4) is 0 Å². The highest BCUT2D eigenvalue weighted by Gasteiger charge is 2.06. The quantitative estimate of drug-likeness (QED) is 0.626. The van der Waals surface area contributed by atoms with Gasteiger partial charge in [0.05, 0.1) is 23.8 Å². The van der Waals surface area contributed by atoms with Crippen LogP contribution in [-0.4, -0.2) is 19.5 Å². The lowest BCUT2D eigenvalue weighted by Gasteiger charge is -2.06. The van der Waals surface area contributed by atoms with Crippen molar-refractivity contribution in [3.05, 3.63) is 67.0 Å². The van der Waals surface area contributed by atoms with Crippen molar-refractivity contribution in [2.24, 2.45) is 0 Å². The molecule has 108 valence electrons. The predicted octanol–water partition coefficient (Wildman–Crippen LogP) is 3.02. The minimum Gasteiger partial charge on any atom is -0.467 e. The zero-order chi connectivity index (χ0) is 14.8. The number of nitrogens with one attached hydrogen (secondary N) is 1. The van der Waals surface area contributed by atoms with Gasteiger partial charge in [0.25, 0.3) is 0 Å². The second-order valence-corrected chi connectivity index (χ2v) is 4.77. The summed E-state index contributed by atoms with van der Waals surface area (Å²) >= 11 is 0. The maximum atomic E-state index is 5.28. The lowest BCUT2D eigenvalue weighted by atomic mass is 10.3. The molecule has 6 heteroatoms. The number of furan rings is 1. The van der Waals surface area contributed by atoms with Crippen LogP contribution >= 0.6 is 0 Å². The number of hydrogen-bond acceptors (Lipinski definition) is 5. The third-order valence-electron chi connectivity index (χ3n) is 3.34. The molecule has 0 bridgehead atoms.